The molecule has 0 bridgehead atoms. The summed E-state index contributed by atoms with van der Waals surface area (Å²) in [6.45, 7) is 2.72. The standard InChI is InChI=1S/C15H18N4O5S/c1-9(13(22)19-6-4-16-14(19)23)24-12(21)7-10-8-25-15(17-10)18-5-2-3-11(18)20/h8-9H,2-7H2,1H3,(H,16,23)/t9-/m0/s1. The van der Waals surface area contributed by atoms with Gasteiger partial charge in [-0.3, -0.25) is 24.2 Å². The van der Waals surface area contributed by atoms with Crippen molar-refractivity contribution in [1.29, 1.82) is 0 Å². The maximum Gasteiger partial charge on any atom is 0.324 e. The molecule has 9 nitrogen and oxygen atoms in total. The van der Waals surface area contributed by atoms with Gasteiger partial charge in [-0.15, -0.1) is 11.3 Å². The van der Waals surface area contributed by atoms with E-state index in [4.69, 9.17) is 4.74 Å². The maximum atomic E-state index is 12.1. The first-order valence-electron chi connectivity index (χ1n) is 7.99. The number of hydrogen-bond donors (Lipinski definition) is 1. The van der Waals surface area contributed by atoms with Crippen molar-refractivity contribution in [2.24, 2.45) is 0 Å². The van der Waals surface area contributed by atoms with E-state index in [2.05, 4.69) is 10.3 Å². The Bertz CT molecular complexity index is 719. The molecule has 3 rings (SSSR count). The summed E-state index contributed by atoms with van der Waals surface area (Å²) in [6, 6.07) is -0.479. The number of amides is 4. The fraction of sp³-hybridized carbons (Fsp3) is 0.533. The highest BCUT2D eigenvalue weighted by Gasteiger charge is 2.31. The minimum Gasteiger partial charge on any atom is -0.452 e. The van der Waals surface area contributed by atoms with Crippen molar-refractivity contribution in [2.75, 3.05) is 24.5 Å². The van der Waals surface area contributed by atoms with Crippen molar-refractivity contribution in [3.8, 4) is 0 Å². The number of carbonyl (C=O) groups is 4. The number of anilines is 1. The molecule has 2 aliphatic rings. The van der Waals surface area contributed by atoms with E-state index in [-0.39, 0.29) is 18.9 Å². The SMILES string of the molecule is C[C@H](OC(=O)Cc1csc(N2CCCC2=O)n1)C(=O)N1CCNC1=O. The molecule has 134 valence electrons. The van der Waals surface area contributed by atoms with E-state index in [9.17, 15) is 19.2 Å². The van der Waals surface area contributed by atoms with E-state index in [1.165, 1.54) is 18.3 Å². The molecule has 2 saturated heterocycles. The zero-order valence-electron chi connectivity index (χ0n) is 13.7. The lowest BCUT2D eigenvalue weighted by Crippen LogP contribution is -2.42. The van der Waals surface area contributed by atoms with Crippen LogP contribution in [0.4, 0.5) is 9.93 Å². The summed E-state index contributed by atoms with van der Waals surface area (Å²) < 4.78 is 5.11. The lowest BCUT2D eigenvalue weighted by Gasteiger charge is -2.17. The van der Waals surface area contributed by atoms with Crippen LogP contribution in [-0.2, 0) is 25.5 Å². The van der Waals surface area contributed by atoms with E-state index in [0.29, 0.717) is 30.3 Å². The molecule has 0 unspecified atom stereocenters. The number of carbonyl (C=O) groups excluding carboxylic acids is 4. The van der Waals surface area contributed by atoms with Crippen LogP contribution >= 0.6 is 11.3 Å². The third-order valence-electron chi connectivity index (χ3n) is 3.95. The molecule has 1 N–H and O–H groups in total. The average molecular weight is 366 g/mol. The van der Waals surface area contributed by atoms with Gasteiger partial charge in [-0.2, -0.15) is 0 Å². The second-order valence-electron chi connectivity index (χ2n) is 5.80. The lowest BCUT2D eigenvalue weighted by molar-refractivity contribution is -0.156. The Morgan fingerprint density at radius 1 is 1.40 bits per heavy atom. The van der Waals surface area contributed by atoms with Crippen LogP contribution in [0.3, 0.4) is 0 Å². The summed E-state index contributed by atoms with van der Waals surface area (Å²) in [5, 5.41) is 4.79. The molecule has 3 heterocycles. The first-order valence-corrected chi connectivity index (χ1v) is 8.87. The first kappa shape index (κ1) is 17.3. The van der Waals surface area contributed by atoms with Crippen molar-refractivity contribution in [1.82, 2.24) is 15.2 Å². The van der Waals surface area contributed by atoms with E-state index in [1.54, 1.807) is 10.3 Å². The van der Waals surface area contributed by atoms with Gasteiger partial charge in [-0.05, 0) is 13.3 Å². The van der Waals surface area contributed by atoms with E-state index in [1.807, 2.05) is 0 Å². The summed E-state index contributed by atoms with van der Waals surface area (Å²) in [7, 11) is 0. The van der Waals surface area contributed by atoms with Gasteiger partial charge in [0.2, 0.25) is 5.91 Å². The summed E-state index contributed by atoms with van der Waals surface area (Å²) >= 11 is 1.30. The fourth-order valence-corrected chi connectivity index (χ4v) is 3.56. The number of esters is 1. The fourth-order valence-electron chi connectivity index (χ4n) is 2.69. The summed E-state index contributed by atoms with van der Waals surface area (Å²) in [6.07, 6.45) is 0.178. The van der Waals surface area contributed by atoms with E-state index < -0.39 is 24.0 Å². The first-order chi connectivity index (χ1) is 12.0. The maximum absolute atomic E-state index is 12.1. The molecule has 0 aromatic carbocycles. The smallest absolute Gasteiger partial charge is 0.324 e. The summed E-state index contributed by atoms with van der Waals surface area (Å²) in [4.78, 5) is 54.2. The molecular formula is C15H18N4O5S. The van der Waals surface area contributed by atoms with Crippen LogP contribution < -0.4 is 10.2 Å². The van der Waals surface area contributed by atoms with Crippen LogP contribution in [0.2, 0.25) is 0 Å². The summed E-state index contributed by atoms with van der Waals surface area (Å²) in [5.74, 6) is -1.12. The Labute approximate surface area is 147 Å². The zero-order valence-corrected chi connectivity index (χ0v) is 14.5. The van der Waals surface area contributed by atoms with Crippen molar-refractivity contribution < 1.29 is 23.9 Å². The quantitative estimate of drug-likeness (QED) is 0.751. The third kappa shape index (κ3) is 3.78. The van der Waals surface area contributed by atoms with Gasteiger partial charge in [0.15, 0.2) is 11.2 Å². The Balaban J connectivity index is 1.54. The van der Waals surface area contributed by atoms with Gasteiger partial charge >= 0.3 is 12.0 Å². The molecule has 2 aliphatic heterocycles. The molecule has 4 amide bonds. The van der Waals surface area contributed by atoms with Crippen LogP contribution in [0.25, 0.3) is 0 Å². The van der Waals surface area contributed by atoms with Crippen LogP contribution in [0.15, 0.2) is 5.38 Å². The predicted octanol–water partition coefficient (Wildman–Crippen LogP) is 0.296. The Morgan fingerprint density at radius 2 is 2.20 bits per heavy atom. The van der Waals surface area contributed by atoms with Crippen LogP contribution in [-0.4, -0.2) is 59.4 Å². The highest BCUT2D eigenvalue weighted by Crippen LogP contribution is 2.25. The molecule has 0 aliphatic carbocycles. The minimum absolute atomic E-state index is 0.0339. The molecular weight excluding hydrogens is 348 g/mol. The molecule has 1 atom stereocenters. The van der Waals surface area contributed by atoms with Crippen LogP contribution in [0.1, 0.15) is 25.5 Å². The Kier molecular flexibility index (Phi) is 4.98. The zero-order chi connectivity index (χ0) is 18.0. The summed E-state index contributed by atoms with van der Waals surface area (Å²) in [5.41, 5.74) is 0.489. The van der Waals surface area contributed by atoms with E-state index in [0.717, 1.165) is 11.3 Å². The number of rotatable bonds is 5. The second kappa shape index (κ2) is 7.18. The van der Waals surface area contributed by atoms with Crippen molar-refractivity contribution in [3.63, 3.8) is 0 Å². The number of hydrogen-bond acceptors (Lipinski definition) is 7. The number of thiazole rings is 1. The minimum atomic E-state index is -1.05. The number of aromatic nitrogens is 1. The topological polar surface area (TPSA) is 109 Å². The molecule has 10 heteroatoms. The normalized spacial score (nSPS) is 18.4. The van der Waals surface area contributed by atoms with Gasteiger partial charge in [0, 0.05) is 31.4 Å². The molecule has 2 fully saturated rings. The van der Waals surface area contributed by atoms with Crippen LogP contribution in [0.5, 0.6) is 0 Å². The predicted molar refractivity (Wildman–Crippen MR) is 88.1 cm³/mol. The van der Waals surface area contributed by atoms with Gasteiger partial charge in [-0.1, -0.05) is 0 Å². The average Bonchev–Trinajstić information content (AvgIpc) is 3.28. The van der Waals surface area contributed by atoms with Crippen LogP contribution in [0, 0.1) is 0 Å². The number of nitrogens with zero attached hydrogens (tertiary/aromatic N) is 3. The third-order valence-corrected chi connectivity index (χ3v) is 4.86. The van der Waals surface area contributed by atoms with Crippen molar-refractivity contribution >= 4 is 40.3 Å². The van der Waals surface area contributed by atoms with Gasteiger partial charge in [-0.25, -0.2) is 9.78 Å². The number of nitrogens with one attached hydrogen (secondary N) is 1. The Morgan fingerprint density at radius 3 is 2.84 bits per heavy atom. The highest BCUT2D eigenvalue weighted by molar-refractivity contribution is 7.14. The number of urea groups is 1. The monoisotopic (exact) mass is 366 g/mol. The van der Waals surface area contributed by atoms with Gasteiger partial charge in [0.1, 0.15) is 0 Å². The molecule has 1 aromatic heterocycles. The lowest BCUT2D eigenvalue weighted by atomic mass is 10.3. The molecule has 25 heavy (non-hydrogen) atoms. The molecule has 1 aromatic rings. The van der Waals surface area contributed by atoms with Gasteiger partial charge < -0.3 is 10.1 Å². The number of ether oxygens (including phenoxy) is 1. The van der Waals surface area contributed by atoms with Gasteiger partial charge in [0.25, 0.3) is 5.91 Å². The molecule has 0 saturated carbocycles. The van der Waals surface area contributed by atoms with Crippen molar-refractivity contribution in [2.45, 2.75) is 32.3 Å². The molecule has 0 radical (unpaired) electrons. The van der Waals surface area contributed by atoms with Crippen molar-refractivity contribution in [3.05, 3.63) is 11.1 Å². The Hall–Kier alpha value is -2.49. The van der Waals surface area contributed by atoms with E-state index >= 15 is 0 Å². The van der Waals surface area contributed by atoms with Gasteiger partial charge in [0.05, 0.1) is 12.1 Å². The second-order valence-corrected chi connectivity index (χ2v) is 6.64. The highest BCUT2D eigenvalue weighted by atomic mass is 32.1. The number of imide groups is 1. The molecule has 0 spiro atoms. The largest absolute Gasteiger partial charge is 0.452 e.